The summed E-state index contributed by atoms with van der Waals surface area (Å²) in [6, 6.07) is 60.9. The van der Waals surface area contributed by atoms with Gasteiger partial charge in [0.2, 0.25) is 0 Å². The lowest BCUT2D eigenvalue weighted by Gasteiger charge is -2.20. The molecule has 1 aliphatic carbocycles. The Hall–Kier alpha value is -5.98. The summed E-state index contributed by atoms with van der Waals surface area (Å²) in [6.07, 6.45) is 0. The summed E-state index contributed by atoms with van der Waals surface area (Å²) in [5, 5.41) is 10.4. The molecule has 0 heteroatoms. The first-order valence-corrected chi connectivity index (χ1v) is 16.4. The molecule has 0 aliphatic heterocycles. The number of aryl methyl sites for hydroxylation is 1. The van der Waals surface area contributed by atoms with E-state index in [2.05, 4.69) is 171 Å². The summed E-state index contributed by atoms with van der Waals surface area (Å²) in [6.45, 7) is 2.21. The van der Waals surface area contributed by atoms with Gasteiger partial charge < -0.3 is 0 Å². The zero-order valence-corrected chi connectivity index (χ0v) is 26.1. The van der Waals surface area contributed by atoms with Gasteiger partial charge in [-0.2, -0.15) is 0 Å². The quantitative estimate of drug-likeness (QED) is 0.179. The Balaban J connectivity index is 1.22. The fraction of sp³-hybridized carbons (Fsp3) is 0.0213. The molecular weight excluding hydrogens is 565 g/mol. The second-order valence-corrected chi connectivity index (χ2v) is 12.9. The Kier molecular flexibility index (Phi) is 5.59. The van der Waals surface area contributed by atoms with Gasteiger partial charge in [0.1, 0.15) is 0 Å². The molecule has 1 aliphatic rings. The molecule has 0 heterocycles. The van der Waals surface area contributed by atoms with Crippen LogP contribution in [-0.4, -0.2) is 0 Å². The number of hydrogen-bond donors (Lipinski definition) is 0. The molecule has 0 unspecified atom stereocenters. The van der Waals surface area contributed by atoms with Gasteiger partial charge in [0, 0.05) is 0 Å². The summed E-state index contributed by atoms with van der Waals surface area (Å²) in [4.78, 5) is 0. The fourth-order valence-corrected chi connectivity index (χ4v) is 8.12. The zero-order valence-electron chi connectivity index (χ0n) is 26.1. The molecule has 9 aromatic carbocycles. The van der Waals surface area contributed by atoms with Crippen molar-refractivity contribution in [2.45, 2.75) is 6.92 Å². The fourth-order valence-electron chi connectivity index (χ4n) is 8.12. The summed E-state index contributed by atoms with van der Waals surface area (Å²) in [7, 11) is 0. The summed E-state index contributed by atoms with van der Waals surface area (Å²) < 4.78 is 0. The topological polar surface area (TPSA) is 0 Å². The zero-order chi connectivity index (χ0) is 31.1. The van der Waals surface area contributed by atoms with E-state index in [9.17, 15) is 0 Å². The average Bonchev–Trinajstić information content (AvgIpc) is 3.46. The number of hydrogen-bond acceptors (Lipinski definition) is 0. The summed E-state index contributed by atoms with van der Waals surface area (Å²) >= 11 is 0. The van der Waals surface area contributed by atoms with Crippen LogP contribution in [0.25, 0.3) is 98.7 Å². The number of benzene rings is 9. The Morgan fingerprint density at radius 3 is 1.68 bits per heavy atom. The van der Waals surface area contributed by atoms with E-state index in [1.165, 1.54) is 104 Å². The smallest absolute Gasteiger partial charge is 0.00201 e. The van der Waals surface area contributed by atoms with Crippen LogP contribution in [0.5, 0.6) is 0 Å². The maximum Gasteiger partial charge on any atom is -0.00201 e. The van der Waals surface area contributed by atoms with Crippen LogP contribution in [-0.2, 0) is 0 Å². The van der Waals surface area contributed by atoms with Crippen molar-refractivity contribution in [3.8, 4) is 55.6 Å². The van der Waals surface area contributed by atoms with Gasteiger partial charge in [-0.15, -0.1) is 0 Å². The van der Waals surface area contributed by atoms with Crippen molar-refractivity contribution in [3.63, 3.8) is 0 Å². The van der Waals surface area contributed by atoms with E-state index in [1.54, 1.807) is 0 Å². The molecule has 0 saturated heterocycles. The third-order valence-electron chi connectivity index (χ3n) is 10.3. The van der Waals surface area contributed by atoms with Crippen LogP contribution in [0.2, 0.25) is 0 Å². The van der Waals surface area contributed by atoms with Crippen LogP contribution in [0, 0.1) is 6.92 Å². The molecule has 0 aromatic heterocycles. The highest BCUT2D eigenvalue weighted by Crippen LogP contribution is 2.51. The molecule has 0 radical (unpaired) electrons. The van der Waals surface area contributed by atoms with E-state index in [4.69, 9.17) is 0 Å². The van der Waals surface area contributed by atoms with E-state index in [0.717, 1.165) is 0 Å². The largest absolute Gasteiger partial charge is 0.0616 e. The van der Waals surface area contributed by atoms with E-state index in [-0.39, 0.29) is 0 Å². The van der Waals surface area contributed by atoms with Crippen molar-refractivity contribution >= 4 is 43.1 Å². The minimum absolute atomic E-state index is 1.23. The Morgan fingerprint density at radius 1 is 0.298 bits per heavy atom. The van der Waals surface area contributed by atoms with Gasteiger partial charge in [-0.1, -0.05) is 163 Å². The first-order chi connectivity index (χ1) is 23.2. The molecule has 0 atom stereocenters. The van der Waals surface area contributed by atoms with Crippen molar-refractivity contribution < 1.29 is 0 Å². The van der Waals surface area contributed by atoms with Crippen molar-refractivity contribution in [2.75, 3.05) is 0 Å². The molecule has 0 fully saturated rings. The molecule has 0 amide bonds. The van der Waals surface area contributed by atoms with Gasteiger partial charge in [0.05, 0.1) is 0 Å². The van der Waals surface area contributed by atoms with E-state index in [1.807, 2.05) is 0 Å². The molecule has 0 bridgehead atoms. The van der Waals surface area contributed by atoms with Gasteiger partial charge in [-0.3, -0.25) is 0 Å². The van der Waals surface area contributed by atoms with Crippen LogP contribution in [0.3, 0.4) is 0 Å². The summed E-state index contributed by atoms with van der Waals surface area (Å²) in [5.74, 6) is 0. The molecule has 10 rings (SSSR count). The molecule has 218 valence electrons. The highest BCUT2D eigenvalue weighted by atomic mass is 14.3. The molecule has 9 aromatic rings. The maximum absolute atomic E-state index is 2.38. The van der Waals surface area contributed by atoms with Crippen molar-refractivity contribution in [2.24, 2.45) is 0 Å². The minimum atomic E-state index is 1.23. The molecule has 47 heavy (non-hydrogen) atoms. The van der Waals surface area contributed by atoms with E-state index >= 15 is 0 Å². The third kappa shape index (κ3) is 3.89. The lowest BCUT2D eigenvalue weighted by atomic mass is 9.83. The lowest BCUT2D eigenvalue weighted by molar-refractivity contribution is 1.51. The Morgan fingerprint density at radius 2 is 0.872 bits per heavy atom. The standard InChI is InChI=1S/C47H30/c1-29-17-24-43-44(27-29)45(32-21-18-31(19-22-32)34-23-20-30-9-2-3-10-33(30)28-34)38-13-6-7-14-39(38)47(43)42-26-25-41-36-12-5-4-11-35(36)37-15-8-16-40(42)46(37)41/h2-28H,1H3. The summed E-state index contributed by atoms with van der Waals surface area (Å²) in [5.41, 5.74) is 14.2. The minimum Gasteiger partial charge on any atom is -0.0616 e. The predicted octanol–water partition coefficient (Wildman–Crippen LogP) is 13.3. The van der Waals surface area contributed by atoms with E-state index < -0.39 is 0 Å². The van der Waals surface area contributed by atoms with Gasteiger partial charge in [0.15, 0.2) is 0 Å². The monoisotopic (exact) mass is 594 g/mol. The highest BCUT2D eigenvalue weighted by Gasteiger charge is 2.24. The van der Waals surface area contributed by atoms with Crippen LogP contribution in [0.4, 0.5) is 0 Å². The lowest BCUT2D eigenvalue weighted by Crippen LogP contribution is -1.93. The Bertz CT molecular complexity index is 2700. The molecule has 0 N–H and O–H groups in total. The third-order valence-corrected chi connectivity index (χ3v) is 10.3. The molecule has 0 spiro atoms. The van der Waals surface area contributed by atoms with E-state index in [0.29, 0.717) is 0 Å². The predicted molar refractivity (Wildman–Crippen MR) is 202 cm³/mol. The van der Waals surface area contributed by atoms with Crippen molar-refractivity contribution in [1.82, 2.24) is 0 Å². The average molecular weight is 595 g/mol. The molecule has 0 saturated carbocycles. The maximum atomic E-state index is 2.38. The van der Waals surface area contributed by atoms with Crippen LogP contribution in [0.1, 0.15) is 5.56 Å². The Labute approximate surface area is 274 Å². The van der Waals surface area contributed by atoms with Gasteiger partial charge in [-0.25, -0.2) is 0 Å². The highest BCUT2D eigenvalue weighted by molar-refractivity contribution is 6.26. The van der Waals surface area contributed by atoms with Crippen LogP contribution >= 0.6 is 0 Å². The number of fused-ring (bicyclic) bond motifs is 6. The number of rotatable bonds is 3. The van der Waals surface area contributed by atoms with Crippen molar-refractivity contribution in [3.05, 3.63) is 169 Å². The normalized spacial score (nSPS) is 11.9. The second-order valence-electron chi connectivity index (χ2n) is 12.9. The van der Waals surface area contributed by atoms with Gasteiger partial charge in [0.25, 0.3) is 0 Å². The van der Waals surface area contributed by atoms with Crippen molar-refractivity contribution in [1.29, 1.82) is 0 Å². The SMILES string of the molecule is Cc1ccc2c(-c3ccc4c5c(cccc35)-c3ccccc3-4)c3ccccc3c(-c3ccc(-c4ccc5ccccc5c4)cc3)c2c1. The second kappa shape index (κ2) is 10.0. The molecule has 0 nitrogen and oxygen atoms in total. The first-order valence-electron chi connectivity index (χ1n) is 16.4. The van der Waals surface area contributed by atoms with Crippen LogP contribution < -0.4 is 0 Å². The van der Waals surface area contributed by atoms with Gasteiger partial charge in [-0.05, 0) is 112 Å². The van der Waals surface area contributed by atoms with Crippen LogP contribution in [0.15, 0.2) is 164 Å². The molecular formula is C47H30. The van der Waals surface area contributed by atoms with Gasteiger partial charge >= 0.3 is 0 Å². The first kappa shape index (κ1) is 26.3.